The summed E-state index contributed by atoms with van der Waals surface area (Å²) in [5.41, 5.74) is 4.13. The number of benzene rings is 1. The molecule has 0 spiro atoms. The number of imidazole rings is 1. The molecule has 2 N–H and O–H groups in total. The Hall–Kier alpha value is -2.11. The van der Waals surface area contributed by atoms with Gasteiger partial charge in [0.25, 0.3) is 0 Å². The summed E-state index contributed by atoms with van der Waals surface area (Å²) in [6.07, 6.45) is 3.95. The predicted molar refractivity (Wildman–Crippen MR) is 134 cm³/mol. The minimum Gasteiger partial charge on any atom is -0.480 e. The second-order valence-electron chi connectivity index (χ2n) is 7.85. The van der Waals surface area contributed by atoms with E-state index in [1.54, 1.807) is 11.9 Å². The second kappa shape index (κ2) is 11.3. The van der Waals surface area contributed by atoms with E-state index in [9.17, 15) is 4.79 Å². The van der Waals surface area contributed by atoms with E-state index in [2.05, 4.69) is 44.5 Å². The van der Waals surface area contributed by atoms with Gasteiger partial charge in [-0.3, -0.25) is 18.7 Å². The fourth-order valence-electron chi connectivity index (χ4n) is 3.97. The minimum absolute atomic E-state index is 0.0249. The molecular weight excluding hydrogens is 458 g/mol. The van der Waals surface area contributed by atoms with Gasteiger partial charge in [0.2, 0.25) is 0 Å². The maximum absolute atomic E-state index is 10.7. The molecule has 1 saturated heterocycles. The van der Waals surface area contributed by atoms with Crippen molar-refractivity contribution in [1.29, 1.82) is 0 Å². The van der Waals surface area contributed by atoms with Crippen LogP contribution in [0, 0.1) is 6.92 Å². The van der Waals surface area contributed by atoms with Gasteiger partial charge >= 0.3 is 5.97 Å². The van der Waals surface area contributed by atoms with Crippen LogP contribution in [0.4, 0.5) is 0 Å². The Bertz CT molecular complexity index is 1110. The topological polar surface area (TPSA) is 92.5 Å². The number of morpholine rings is 1. The maximum Gasteiger partial charge on any atom is 0.317 e. The van der Waals surface area contributed by atoms with E-state index in [1.807, 2.05) is 36.2 Å². The van der Waals surface area contributed by atoms with E-state index in [-0.39, 0.29) is 12.6 Å². The molecule has 3 heterocycles. The maximum atomic E-state index is 10.7. The van der Waals surface area contributed by atoms with Crippen LogP contribution < -0.4 is 5.32 Å². The first-order valence-corrected chi connectivity index (χ1v) is 13.1. The molecule has 0 amide bonds. The van der Waals surface area contributed by atoms with Crippen LogP contribution in [0.3, 0.4) is 0 Å². The smallest absolute Gasteiger partial charge is 0.317 e. The lowest BCUT2D eigenvalue weighted by atomic mass is 10.2. The lowest BCUT2D eigenvalue weighted by Crippen LogP contribution is -2.47. The first-order chi connectivity index (χ1) is 16.1. The summed E-state index contributed by atoms with van der Waals surface area (Å²) >= 11 is 3.47. The summed E-state index contributed by atoms with van der Waals surface area (Å²) in [6, 6.07) is 10.2. The van der Waals surface area contributed by atoms with Crippen LogP contribution >= 0.6 is 23.7 Å². The predicted octanol–water partition coefficient (Wildman–Crippen LogP) is 3.00. The number of carboxylic acids is 1. The molecule has 1 fully saturated rings. The van der Waals surface area contributed by atoms with Crippen molar-refractivity contribution in [2.24, 2.45) is 0 Å². The number of ether oxygens (including phenoxy) is 1. The number of fused-ring (bicyclic) bond motifs is 1. The molecule has 1 aromatic carbocycles. The standard InChI is InChI=1S/C23H29N5O3S2/c1-16-20(33-12-10-27-9-11-31-17(15-27)13-24-14-21(29)30)7-8-25-22(16)23-26-18-5-3-4-6-19(18)28(23)32-2/h3-8,17,24H,9-15H2,1-2H3,(H,29,30). The molecule has 0 bridgehead atoms. The third-order valence-electron chi connectivity index (χ3n) is 5.60. The molecule has 1 aliphatic rings. The number of rotatable bonds is 10. The number of hydrogen-bond donors (Lipinski definition) is 2. The van der Waals surface area contributed by atoms with Crippen LogP contribution in [-0.2, 0) is 9.53 Å². The molecule has 4 rings (SSSR count). The highest BCUT2D eigenvalue weighted by molar-refractivity contribution is 7.99. The molecule has 2 aromatic heterocycles. The lowest BCUT2D eigenvalue weighted by Gasteiger charge is -2.32. The molecular formula is C23H29N5O3S2. The summed E-state index contributed by atoms with van der Waals surface area (Å²) in [6.45, 7) is 5.97. The van der Waals surface area contributed by atoms with Gasteiger partial charge in [-0.1, -0.05) is 12.1 Å². The Balaban J connectivity index is 1.39. The first kappa shape index (κ1) is 24.0. The summed E-state index contributed by atoms with van der Waals surface area (Å²) in [7, 11) is 0. The third-order valence-corrected chi connectivity index (χ3v) is 7.48. The number of carbonyl (C=O) groups is 1. The molecule has 1 unspecified atom stereocenters. The van der Waals surface area contributed by atoms with Crippen LogP contribution in [0.15, 0.2) is 41.4 Å². The van der Waals surface area contributed by atoms with E-state index < -0.39 is 5.97 Å². The van der Waals surface area contributed by atoms with Gasteiger partial charge in [-0.15, -0.1) is 11.8 Å². The number of hydrogen-bond acceptors (Lipinski definition) is 8. The van der Waals surface area contributed by atoms with E-state index in [0.29, 0.717) is 13.2 Å². The zero-order chi connectivity index (χ0) is 23.2. The van der Waals surface area contributed by atoms with Gasteiger partial charge in [0, 0.05) is 49.3 Å². The van der Waals surface area contributed by atoms with Crippen LogP contribution in [-0.4, -0.2) is 87.4 Å². The van der Waals surface area contributed by atoms with Gasteiger partial charge in [-0.05, 0) is 42.6 Å². The summed E-state index contributed by atoms with van der Waals surface area (Å²) in [4.78, 5) is 23.8. The van der Waals surface area contributed by atoms with Gasteiger partial charge in [0.15, 0.2) is 5.82 Å². The third kappa shape index (κ3) is 5.88. The van der Waals surface area contributed by atoms with Crippen molar-refractivity contribution in [2.45, 2.75) is 17.9 Å². The van der Waals surface area contributed by atoms with Crippen molar-refractivity contribution < 1.29 is 14.6 Å². The number of aromatic nitrogens is 3. The van der Waals surface area contributed by atoms with Crippen molar-refractivity contribution in [1.82, 2.24) is 24.2 Å². The number of para-hydroxylation sites is 2. The van der Waals surface area contributed by atoms with E-state index in [1.165, 1.54) is 4.90 Å². The highest BCUT2D eigenvalue weighted by Crippen LogP contribution is 2.32. The average molecular weight is 488 g/mol. The summed E-state index contributed by atoms with van der Waals surface area (Å²) in [5, 5.41) is 11.7. The molecule has 10 heteroatoms. The van der Waals surface area contributed by atoms with E-state index >= 15 is 0 Å². The average Bonchev–Trinajstić information content (AvgIpc) is 3.18. The zero-order valence-electron chi connectivity index (χ0n) is 18.9. The first-order valence-electron chi connectivity index (χ1n) is 10.9. The number of pyridine rings is 1. The SMILES string of the molecule is CSn1c(-c2nccc(SCCN3CCOC(CNCC(=O)O)C3)c2C)nc2ccccc21. The highest BCUT2D eigenvalue weighted by atomic mass is 32.2. The molecule has 1 aliphatic heterocycles. The Morgan fingerprint density at radius 3 is 3.00 bits per heavy atom. The molecule has 176 valence electrons. The van der Waals surface area contributed by atoms with Gasteiger partial charge in [0.05, 0.1) is 30.3 Å². The molecule has 0 radical (unpaired) electrons. The Morgan fingerprint density at radius 2 is 2.18 bits per heavy atom. The van der Waals surface area contributed by atoms with E-state index in [0.717, 1.165) is 53.5 Å². The van der Waals surface area contributed by atoms with Crippen LogP contribution in [0.25, 0.3) is 22.6 Å². The van der Waals surface area contributed by atoms with Crippen molar-refractivity contribution in [2.75, 3.05) is 51.3 Å². The van der Waals surface area contributed by atoms with Gasteiger partial charge < -0.3 is 15.2 Å². The van der Waals surface area contributed by atoms with Gasteiger partial charge in [-0.25, -0.2) is 4.98 Å². The van der Waals surface area contributed by atoms with Crippen molar-refractivity contribution in [3.8, 4) is 11.5 Å². The number of nitrogens with one attached hydrogen (secondary N) is 1. The molecule has 8 nitrogen and oxygen atoms in total. The molecule has 0 aliphatic carbocycles. The Kier molecular flexibility index (Phi) is 8.26. The quantitative estimate of drug-likeness (QED) is 0.419. The van der Waals surface area contributed by atoms with Crippen molar-refractivity contribution in [3.63, 3.8) is 0 Å². The fourth-order valence-corrected chi connectivity index (χ4v) is 5.66. The number of thioether (sulfide) groups is 1. The summed E-state index contributed by atoms with van der Waals surface area (Å²) in [5.74, 6) is 0.992. The molecule has 0 saturated carbocycles. The zero-order valence-corrected chi connectivity index (χ0v) is 20.5. The van der Waals surface area contributed by atoms with E-state index in [4.69, 9.17) is 14.8 Å². The van der Waals surface area contributed by atoms with Gasteiger partial charge in [-0.2, -0.15) is 0 Å². The number of nitrogens with zero attached hydrogens (tertiary/aromatic N) is 4. The minimum atomic E-state index is -0.848. The molecule has 1 atom stereocenters. The Labute approximate surface area is 202 Å². The van der Waals surface area contributed by atoms with Crippen molar-refractivity contribution in [3.05, 3.63) is 42.1 Å². The number of carboxylic acid groups (broad SMARTS) is 1. The van der Waals surface area contributed by atoms with Crippen LogP contribution in [0.1, 0.15) is 5.56 Å². The molecule has 33 heavy (non-hydrogen) atoms. The van der Waals surface area contributed by atoms with Crippen LogP contribution in [0.2, 0.25) is 0 Å². The second-order valence-corrected chi connectivity index (χ2v) is 9.72. The largest absolute Gasteiger partial charge is 0.480 e. The molecule has 3 aromatic rings. The monoisotopic (exact) mass is 487 g/mol. The fraction of sp³-hybridized carbons (Fsp3) is 0.435. The Morgan fingerprint density at radius 1 is 1.33 bits per heavy atom. The number of aliphatic carboxylic acids is 1. The van der Waals surface area contributed by atoms with Crippen molar-refractivity contribution >= 4 is 40.7 Å². The lowest BCUT2D eigenvalue weighted by molar-refractivity contribution is -0.136. The van der Waals surface area contributed by atoms with Crippen LogP contribution in [0.5, 0.6) is 0 Å². The normalized spacial score (nSPS) is 17.0. The van der Waals surface area contributed by atoms with Gasteiger partial charge in [0.1, 0.15) is 5.69 Å². The summed E-state index contributed by atoms with van der Waals surface area (Å²) < 4.78 is 7.91. The highest BCUT2D eigenvalue weighted by Gasteiger charge is 2.21.